The summed E-state index contributed by atoms with van der Waals surface area (Å²) in [5.41, 5.74) is 4.59. The standard InChI is InChI=1S/C10H9N5O4/c11-10(9-12-14-15-13-9)4-18-7-5(8(16)17)2-1-3-6(7)19-10/h1-3H,4,11H2,(H,16,17)(H,12,13,14,15). The molecule has 0 saturated heterocycles. The van der Waals surface area contributed by atoms with E-state index in [9.17, 15) is 4.79 Å². The van der Waals surface area contributed by atoms with Crippen LogP contribution in [0.4, 0.5) is 0 Å². The van der Waals surface area contributed by atoms with Gasteiger partial charge in [-0.05, 0) is 17.3 Å². The van der Waals surface area contributed by atoms with Gasteiger partial charge in [0.25, 0.3) is 5.72 Å². The van der Waals surface area contributed by atoms with E-state index in [1.165, 1.54) is 12.1 Å². The zero-order chi connectivity index (χ0) is 13.5. The molecule has 1 aliphatic heterocycles. The highest BCUT2D eigenvalue weighted by molar-refractivity contribution is 5.92. The number of tetrazole rings is 1. The number of nitrogens with one attached hydrogen (secondary N) is 1. The third kappa shape index (κ3) is 1.76. The summed E-state index contributed by atoms with van der Waals surface area (Å²) in [7, 11) is 0. The molecule has 4 N–H and O–H groups in total. The Morgan fingerprint density at radius 1 is 1.53 bits per heavy atom. The van der Waals surface area contributed by atoms with Gasteiger partial charge < -0.3 is 14.6 Å². The Kier molecular flexibility index (Phi) is 2.35. The minimum atomic E-state index is -1.41. The smallest absolute Gasteiger partial charge is 0.339 e. The predicted molar refractivity (Wildman–Crippen MR) is 59.6 cm³/mol. The summed E-state index contributed by atoms with van der Waals surface area (Å²) in [6.07, 6.45) is 0. The normalized spacial score (nSPS) is 21.1. The van der Waals surface area contributed by atoms with Crippen molar-refractivity contribution in [1.29, 1.82) is 0 Å². The molecule has 0 aliphatic carbocycles. The van der Waals surface area contributed by atoms with E-state index in [0.717, 1.165) is 0 Å². The first-order chi connectivity index (χ1) is 9.10. The maximum atomic E-state index is 11.1. The molecule has 19 heavy (non-hydrogen) atoms. The van der Waals surface area contributed by atoms with Gasteiger partial charge in [-0.15, -0.1) is 10.2 Å². The van der Waals surface area contributed by atoms with Gasteiger partial charge in [0.15, 0.2) is 11.5 Å². The highest BCUT2D eigenvalue weighted by Gasteiger charge is 2.41. The second-order valence-corrected chi connectivity index (χ2v) is 3.95. The van der Waals surface area contributed by atoms with Crippen LogP contribution in [0.1, 0.15) is 16.2 Å². The zero-order valence-electron chi connectivity index (χ0n) is 9.53. The van der Waals surface area contributed by atoms with E-state index < -0.39 is 11.7 Å². The molecule has 9 heteroatoms. The molecular weight excluding hydrogens is 254 g/mol. The number of aromatic amines is 1. The van der Waals surface area contributed by atoms with Crippen molar-refractivity contribution in [3.05, 3.63) is 29.6 Å². The van der Waals surface area contributed by atoms with Gasteiger partial charge in [-0.1, -0.05) is 6.07 Å². The number of rotatable bonds is 2. The van der Waals surface area contributed by atoms with Crippen LogP contribution in [0, 0.1) is 0 Å². The van der Waals surface area contributed by atoms with Gasteiger partial charge >= 0.3 is 5.97 Å². The minimum Gasteiger partial charge on any atom is -0.483 e. The summed E-state index contributed by atoms with van der Waals surface area (Å²) in [4.78, 5) is 11.1. The Labute approximate surface area is 106 Å². The summed E-state index contributed by atoms with van der Waals surface area (Å²) in [6.45, 7) is -0.121. The summed E-state index contributed by atoms with van der Waals surface area (Å²) >= 11 is 0. The summed E-state index contributed by atoms with van der Waals surface area (Å²) < 4.78 is 11.0. The van der Waals surface area contributed by atoms with Crippen LogP contribution in [0.25, 0.3) is 0 Å². The molecule has 0 amide bonds. The molecule has 0 fully saturated rings. The molecule has 1 aromatic carbocycles. The van der Waals surface area contributed by atoms with Gasteiger partial charge in [-0.25, -0.2) is 4.79 Å². The Hall–Kier alpha value is -2.68. The molecule has 1 aliphatic rings. The van der Waals surface area contributed by atoms with E-state index in [-0.39, 0.29) is 29.5 Å². The molecule has 0 bridgehead atoms. The summed E-state index contributed by atoms with van der Waals surface area (Å²) in [5, 5.41) is 22.2. The number of benzene rings is 1. The van der Waals surface area contributed by atoms with Gasteiger partial charge in [-0.2, -0.15) is 5.21 Å². The van der Waals surface area contributed by atoms with Crippen molar-refractivity contribution >= 4 is 5.97 Å². The van der Waals surface area contributed by atoms with Crippen LogP contribution in [0.2, 0.25) is 0 Å². The number of ether oxygens (including phenoxy) is 2. The topological polar surface area (TPSA) is 136 Å². The van der Waals surface area contributed by atoms with E-state index >= 15 is 0 Å². The quantitative estimate of drug-likeness (QED) is 0.658. The number of nitrogens with zero attached hydrogens (tertiary/aromatic N) is 3. The van der Waals surface area contributed by atoms with Crippen LogP contribution in [-0.2, 0) is 5.72 Å². The Bertz CT molecular complexity index is 629. The first kappa shape index (κ1) is 11.4. The molecule has 0 radical (unpaired) electrons. The predicted octanol–water partition coefficient (Wildman–Crippen LogP) is -0.519. The SMILES string of the molecule is NC1(c2nn[nH]n2)COc2c(cccc2C(=O)O)O1. The average Bonchev–Trinajstić information content (AvgIpc) is 2.92. The summed E-state index contributed by atoms with van der Waals surface area (Å²) in [5.74, 6) is -0.624. The van der Waals surface area contributed by atoms with Crippen LogP contribution in [0.3, 0.4) is 0 Å². The number of H-pyrrole nitrogens is 1. The molecule has 1 atom stereocenters. The summed E-state index contributed by atoms with van der Waals surface area (Å²) in [6, 6.07) is 4.51. The van der Waals surface area contributed by atoms with E-state index in [0.29, 0.717) is 0 Å². The number of para-hydroxylation sites is 1. The Balaban J connectivity index is 2.02. The largest absolute Gasteiger partial charge is 0.483 e. The number of aromatic carboxylic acids is 1. The molecule has 1 aromatic heterocycles. The lowest BCUT2D eigenvalue weighted by Crippen LogP contribution is -2.51. The molecule has 98 valence electrons. The van der Waals surface area contributed by atoms with Crippen molar-refractivity contribution in [3.63, 3.8) is 0 Å². The third-order valence-electron chi connectivity index (χ3n) is 2.66. The third-order valence-corrected chi connectivity index (χ3v) is 2.66. The van der Waals surface area contributed by atoms with Crippen molar-refractivity contribution in [2.75, 3.05) is 6.61 Å². The van der Waals surface area contributed by atoms with Gasteiger partial charge in [-0.3, -0.25) is 5.73 Å². The van der Waals surface area contributed by atoms with Crippen LogP contribution in [-0.4, -0.2) is 38.3 Å². The maximum absolute atomic E-state index is 11.1. The van der Waals surface area contributed by atoms with Crippen molar-refractivity contribution in [2.24, 2.45) is 5.73 Å². The highest BCUT2D eigenvalue weighted by Crippen LogP contribution is 2.38. The Morgan fingerprint density at radius 2 is 2.37 bits per heavy atom. The maximum Gasteiger partial charge on any atom is 0.339 e. The fourth-order valence-electron chi connectivity index (χ4n) is 1.77. The fraction of sp³-hybridized carbons (Fsp3) is 0.200. The van der Waals surface area contributed by atoms with Gasteiger partial charge in [0.1, 0.15) is 12.2 Å². The van der Waals surface area contributed by atoms with E-state index in [2.05, 4.69) is 20.6 Å². The number of hydrogen-bond acceptors (Lipinski definition) is 7. The molecule has 0 saturated carbocycles. The second kappa shape index (κ2) is 3.92. The monoisotopic (exact) mass is 263 g/mol. The second-order valence-electron chi connectivity index (χ2n) is 3.95. The number of fused-ring (bicyclic) bond motifs is 1. The van der Waals surface area contributed by atoms with E-state index in [4.69, 9.17) is 20.3 Å². The Morgan fingerprint density at radius 3 is 3.05 bits per heavy atom. The number of hydrogen-bond donors (Lipinski definition) is 3. The molecule has 2 heterocycles. The van der Waals surface area contributed by atoms with Crippen molar-refractivity contribution in [3.8, 4) is 11.5 Å². The molecular formula is C10H9N5O4. The highest BCUT2D eigenvalue weighted by atomic mass is 16.6. The van der Waals surface area contributed by atoms with Crippen LogP contribution >= 0.6 is 0 Å². The van der Waals surface area contributed by atoms with Crippen LogP contribution < -0.4 is 15.2 Å². The van der Waals surface area contributed by atoms with Crippen molar-refractivity contribution in [2.45, 2.75) is 5.72 Å². The lowest BCUT2D eigenvalue weighted by atomic mass is 10.1. The first-order valence-corrected chi connectivity index (χ1v) is 5.31. The minimum absolute atomic E-state index is 0.00709. The lowest BCUT2D eigenvalue weighted by molar-refractivity contribution is -0.0156. The lowest BCUT2D eigenvalue weighted by Gasteiger charge is -2.32. The fourth-order valence-corrected chi connectivity index (χ4v) is 1.77. The molecule has 9 nitrogen and oxygen atoms in total. The van der Waals surface area contributed by atoms with Crippen LogP contribution in [0.15, 0.2) is 18.2 Å². The number of nitrogens with two attached hydrogens (primary N) is 1. The first-order valence-electron chi connectivity index (χ1n) is 5.31. The van der Waals surface area contributed by atoms with Crippen molar-refractivity contribution in [1.82, 2.24) is 20.6 Å². The average molecular weight is 263 g/mol. The number of carboxylic acids is 1. The van der Waals surface area contributed by atoms with Crippen molar-refractivity contribution < 1.29 is 19.4 Å². The number of carboxylic acid groups (broad SMARTS) is 1. The molecule has 1 unspecified atom stereocenters. The zero-order valence-corrected chi connectivity index (χ0v) is 9.53. The molecule has 0 spiro atoms. The van der Waals surface area contributed by atoms with Gasteiger partial charge in [0.2, 0.25) is 5.82 Å². The molecule has 2 aromatic rings. The van der Waals surface area contributed by atoms with Gasteiger partial charge in [0.05, 0.1) is 0 Å². The molecule has 3 rings (SSSR count). The number of aromatic nitrogens is 4. The van der Waals surface area contributed by atoms with Crippen LogP contribution in [0.5, 0.6) is 11.5 Å². The van der Waals surface area contributed by atoms with E-state index in [1.807, 2.05) is 0 Å². The van der Waals surface area contributed by atoms with E-state index in [1.54, 1.807) is 6.07 Å². The van der Waals surface area contributed by atoms with Gasteiger partial charge in [0, 0.05) is 0 Å². The number of carbonyl (C=O) groups is 1.